The van der Waals surface area contributed by atoms with Gasteiger partial charge in [-0.25, -0.2) is 4.79 Å². The summed E-state index contributed by atoms with van der Waals surface area (Å²) in [4.78, 5) is 9.58. The third-order valence-corrected chi connectivity index (χ3v) is 0.496. The van der Waals surface area contributed by atoms with E-state index in [-0.39, 0.29) is 0 Å². The van der Waals surface area contributed by atoms with Crippen LogP contribution in [-0.2, 0) is 4.18 Å². The average Bonchev–Trinajstić information content (AvgIpc) is 1.35. The Kier molecular flexibility index (Phi) is 2.66. The zero-order valence-corrected chi connectivity index (χ0v) is 4.12. The molecule has 0 aromatic rings. The summed E-state index contributed by atoms with van der Waals surface area (Å²) in [6.07, 6.45) is 0.868. The summed E-state index contributed by atoms with van der Waals surface area (Å²) in [5, 5.41) is 0. The van der Waals surface area contributed by atoms with E-state index in [0.29, 0.717) is 0 Å². The Labute approximate surface area is 40.1 Å². The van der Waals surface area contributed by atoms with Crippen LogP contribution in [0, 0.1) is 0 Å². The Morgan fingerprint density at radius 3 is 2.50 bits per heavy atom. The minimum atomic E-state index is -0.748. The molecule has 0 saturated heterocycles. The van der Waals surface area contributed by atoms with Crippen LogP contribution in [0.4, 0.5) is 4.79 Å². The van der Waals surface area contributed by atoms with Crippen LogP contribution in [0.1, 0.15) is 0 Å². The van der Waals surface area contributed by atoms with Crippen molar-refractivity contribution in [1.82, 2.24) is 0 Å². The van der Waals surface area contributed by atoms with Crippen molar-refractivity contribution in [2.24, 2.45) is 5.73 Å². The maximum atomic E-state index is 9.58. The van der Waals surface area contributed by atoms with Crippen molar-refractivity contribution in [3.8, 4) is 0 Å². The fourth-order valence-corrected chi connectivity index (χ4v) is 0.246. The van der Waals surface area contributed by atoms with Gasteiger partial charge in [0.05, 0.1) is 12.0 Å². The third-order valence-electron chi connectivity index (χ3n) is 0.165. The van der Waals surface area contributed by atoms with Gasteiger partial charge in [-0.15, -0.1) is 0 Å². The molecule has 0 saturated carbocycles. The van der Waals surface area contributed by atoms with Crippen molar-refractivity contribution in [3.05, 3.63) is 0 Å². The van der Waals surface area contributed by atoms with Crippen molar-refractivity contribution < 1.29 is 8.98 Å². The molecule has 0 bridgehead atoms. The molecule has 2 N–H and O–H groups in total. The fourth-order valence-electron chi connectivity index (χ4n) is 0.0821. The molecule has 0 radical (unpaired) electrons. The molecule has 0 aliphatic carbocycles. The highest BCUT2D eigenvalue weighted by Gasteiger charge is 1.84. The number of hydrogen-bond acceptors (Lipinski definition) is 3. The molecule has 0 heterocycles. The Morgan fingerprint density at radius 2 is 2.50 bits per heavy atom. The summed E-state index contributed by atoms with van der Waals surface area (Å²) in [7, 11) is 0. The minimum absolute atomic E-state index is 0.748. The van der Waals surface area contributed by atoms with Crippen LogP contribution in [0.3, 0.4) is 0 Å². The van der Waals surface area contributed by atoms with Gasteiger partial charge in [0.25, 0.3) is 0 Å². The molecule has 0 aliphatic rings. The summed E-state index contributed by atoms with van der Waals surface area (Å²) in [6, 6.07) is 0. The molecule has 0 fully saturated rings. The molecular formula is C2H5NO2S. The highest BCUT2D eigenvalue weighted by atomic mass is 32.2. The van der Waals surface area contributed by atoms with Gasteiger partial charge in [-0.05, 0) is 0 Å². The van der Waals surface area contributed by atoms with Crippen LogP contribution in [-0.4, -0.2) is 12.3 Å². The van der Waals surface area contributed by atoms with Gasteiger partial charge in [0, 0.05) is 6.26 Å². The van der Waals surface area contributed by atoms with Crippen molar-refractivity contribution in [2.45, 2.75) is 0 Å². The normalized spacial score (nSPS) is 7.50. The van der Waals surface area contributed by atoms with Crippen molar-refractivity contribution in [1.29, 1.82) is 0 Å². The molecule has 0 aliphatic heterocycles. The summed E-state index contributed by atoms with van der Waals surface area (Å²) in [5.41, 5.74) is 4.52. The smallest absolute Gasteiger partial charge is 0.376 e. The third kappa shape index (κ3) is 3.62. The number of amides is 1. The quantitative estimate of drug-likeness (QED) is 0.492. The lowest BCUT2D eigenvalue weighted by Gasteiger charge is -1.86. The Morgan fingerprint density at radius 1 is 2.00 bits per heavy atom. The highest BCUT2D eigenvalue weighted by Crippen LogP contribution is 1.90. The molecule has 6 heavy (non-hydrogen) atoms. The summed E-state index contributed by atoms with van der Waals surface area (Å²) in [5.74, 6) is 0. The summed E-state index contributed by atoms with van der Waals surface area (Å²) < 4.78 is 4.10. The first kappa shape index (κ1) is 5.62. The first-order valence-corrected chi connectivity index (χ1v) is 2.42. The monoisotopic (exact) mass is 107 g/mol. The summed E-state index contributed by atoms with van der Waals surface area (Å²) in [6.45, 7) is 0. The molecule has 1 amide bonds. The number of rotatable bonds is 1. The molecule has 0 atom stereocenters. The van der Waals surface area contributed by atoms with Crippen molar-refractivity contribution in [3.63, 3.8) is 0 Å². The zero-order valence-electron chi connectivity index (χ0n) is 3.30. The standard InChI is InChI=1S/C2H5NO2S/c1-6-5-2(3)4/h1H3,(H2,3,4). The fraction of sp³-hybridized carbons (Fsp3) is 0.500. The van der Waals surface area contributed by atoms with Gasteiger partial charge in [0.15, 0.2) is 0 Å². The van der Waals surface area contributed by atoms with Crippen LogP contribution in [0.25, 0.3) is 0 Å². The molecule has 36 valence electrons. The predicted molar refractivity (Wildman–Crippen MR) is 24.2 cm³/mol. The van der Waals surface area contributed by atoms with E-state index < -0.39 is 6.09 Å². The van der Waals surface area contributed by atoms with Crippen molar-refractivity contribution >= 4 is 18.1 Å². The zero-order chi connectivity index (χ0) is 4.99. The van der Waals surface area contributed by atoms with E-state index >= 15 is 0 Å². The second kappa shape index (κ2) is 2.84. The van der Waals surface area contributed by atoms with Crippen LogP contribution < -0.4 is 5.73 Å². The summed E-state index contributed by atoms with van der Waals surface area (Å²) >= 11 is 0.935. The van der Waals surface area contributed by atoms with Crippen molar-refractivity contribution in [2.75, 3.05) is 6.26 Å². The first-order valence-electron chi connectivity index (χ1n) is 1.27. The largest absolute Gasteiger partial charge is 0.416 e. The van der Waals surface area contributed by atoms with Gasteiger partial charge in [0.1, 0.15) is 0 Å². The molecular weight excluding hydrogens is 102 g/mol. The Balaban J connectivity index is 2.83. The Bertz CT molecular complexity index is 55.5. The SMILES string of the molecule is CSOC(N)=O. The van der Waals surface area contributed by atoms with Crippen LogP contribution in [0.5, 0.6) is 0 Å². The molecule has 0 aromatic heterocycles. The molecule has 0 aromatic carbocycles. The van der Waals surface area contributed by atoms with Gasteiger partial charge in [-0.2, -0.15) is 0 Å². The number of nitrogens with two attached hydrogens (primary N) is 1. The number of carbonyl (C=O) groups is 1. The van der Waals surface area contributed by atoms with Crippen LogP contribution in [0.15, 0.2) is 0 Å². The Hall–Kier alpha value is -0.380. The maximum absolute atomic E-state index is 9.58. The van der Waals surface area contributed by atoms with E-state index in [1.54, 1.807) is 6.26 Å². The minimum Gasteiger partial charge on any atom is -0.376 e. The van der Waals surface area contributed by atoms with E-state index in [1.807, 2.05) is 0 Å². The molecule has 0 rings (SSSR count). The molecule has 4 heteroatoms. The first-order chi connectivity index (χ1) is 2.77. The number of hydrogen-bond donors (Lipinski definition) is 1. The lowest BCUT2D eigenvalue weighted by molar-refractivity contribution is 0.218. The van der Waals surface area contributed by atoms with E-state index in [0.717, 1.165) is 12.0 Å². The second-order valence-corrected chi connectivity index (χ2v) is 1.07. The van der Waals surface area contributed by atoms with Gasteiger partial charge >= 0.3 is 6.09 Å². The van der Waals surface area contributed by atoms with E-state index in [1.165, 1.54) is 0 Å². The highest BCUT2D eigenvalue weighted by molar-refractivity contribution is 7.94. The van der Waals surface area contributed by atoms with E-state index in [4.69, 9.17) is 0 Å². The van der Waals surface area contributed by atoms with Gasteiger partial charge in [0.2, 0.25) is 0 Å². The average molecular weight is 107 g/mol. The van der Waals surface area contributed by atoms with Crippen LogP contribution in [0.2, 0.25) is 0 Å². The predicted octanol–water partition coefficient (Wildman–Crippen LogP) is 0.360. The molecule has 0 spiro atoms. The van der Waals surface area contributed by atoms with Gasteiger partial charge < -0.3 is 9.92 Å². The number of primary amides is 1. The van der Waals surface area contributed by atoms with E-state index in [2.05, 4.69) is 9.92 Å². The van der Waals surface area contributed by atoms with Gasteiger partial charge in [-0.1, -0.05) is 0 Å². The van der Waals surface area contributed by atoms with Crippen LogP contribution >= 0.6 is 12.0 Å². The number of carbonyl (C=O) groups excluding carboxylic acids is 1. The topological polar surface area (TPSA) is 52.3 Å². The maximum Gasteiger partial charge on any atom is 0.416 e. The lowest BCUT2D eigenvalue weighted by Crippen LogP contribution is -2.07. The van der Waals surface area contributed by atoms with Gasteiger partial charge in [-0.3, -0.25) is 0 Å². The molecule has 0 unspecified atom stereocenters. The second-order valence-electron chi connectivity index (χ2n) is 0.569. The van der Waals surface area contributed by atoms with E-state index in [9.17, 15) is 4.79 Å². The molecule has 3 nitrogen and oxygen atoms in total. The lowest BCUT2D eigenvalue weighted by atomic mass is 11.3.